The number of hydrogen-bond donors (Lipinski definition) is 1. The first-order valence-corrected chi connectivity index (χ1v) is 6.88. The number of nitrogens with zero attached hydrogens (tertiary/aromatic N) is 2. The molecule has 6 heteroatoms. The Labute approximate surface area is 122 Å². The number of hydrogen-bond acceptors (Lipinski definition) is 4. The van der Waals surface area contributed by atoms with Gasteiger partial charge in [-0.25, -0.2) is 4.79 Å². The highest BCUT2D eigenvalue weighted by Gasteiger charge is 2.43. The van der Waals surface area contributed by atoms with E-state index in [2.05, 4.69) is 5.32 Å². The lowest BCUT2D eigenvalue weighted by atomic mass is 9.91. The third-order valence-corrected chi connectivity index (χ3v) is 4.06. The van der Waals surface area contributed by atoms with Crippen LogP contribution in [0.25, 0.3) is 0 Å². The average molecular weight is 285 g/mol. The van der Waals surface area contributed by atoms with Crippen molar-refractivity contribution in [3.63, 3.8) is 0 Å². The summed E-state index contributed by atoms with van der Waals surface area (Å²) < 4.78 is 5.33. The predicted molar refractivity (Wildman–Crippen MR) is 73.5 cm³/mol. The second-order valence-corrected chi connectivity index (χ2v) is 5.41. The van der Waals surface area contributed by atoms with Crippen molar-refractivity contribution in [2.24, 2.45) is 0 Å². The smallest absolute Gasteiger partial charge is 0.407 e. The molecule has 0 unspecified atom stereocenters. The SMILES string of the molecule is N#Cc1cccc(C(=O)N2CCC3(CC2)CNC(=O)O3)c1. The summed E-state index contributed by atoms with van der Waals surface area (Å²) in [5.74, 6) is -0.0840. The molecule has 2 aliphatic rings. The van der Waals surface area contributed by atoms with Gasteiger partial charge in [0.05, 0.1) is 18.2 Å². The minimum atomic E-state index is -0.456. The molecule has 1 N–H and O–H groups in total. The lowest BCUT2D eigenvalue weighted by Gasteiger charge is -2.37. The molecule has 0 radical (unpaired) electrons. The van der Waals surface area contributed by atoms with Crippen LogP contribution in [0, 0.1) is 11.3 Å². The highest BCUT2D eigenvalue weighted by molar-refractivity contribution is 5.94. The maximum absolute atomic E-state index is 12.4. The molecule has 2 amide bonds. The van der Waals surface area contributed by atoms with Crippen molar-refractivity contribution >= 4 is 12.0 Å². The molecule has 2 aliphatic heterocycles. The van der Waals surface area contributed by atoms with Crippen LogP contribution < -0.4 is 5.32 Å². The summed E-state index contributed by atoms with van der Waals surface area (Å²) in [4.78, 5) is 25.4. The van der Waals surface area contributed by atoms with Crippen molar-refractivity contribution in [3.8, 4) is 6.07 Å². The quantitative estimate of drug-likeness (QED) is 0.842. The molecule has 21 heavy (non-hydrogen) atoms. The monoisotopic (exact) mass is 285 g/mol. The van der Waals surface area contributed by atoms with Gasteiger partial charge in [-0.05, 0) is 18.2 Å². The summed E-state index contributed by atoms with van der Waals surface area (Å²) in [5.41, 5.74) is 0.539. The second kappa shape index (κ2) is 5.09. The van der Waals surface area contributed by atoms with Gasteiger partial charge in [-0.3, -0.25) is 4.79 Å². The van der Waals surface area contributed by atoms with Crippen molar-refractivity contribution in [2.45, 2.75) is 18.4 Å². The standard InChI is InChI=1S/C15H15N3O3/c16-9-11-2-1-3-12(8-11)13(19)18-6-4-15(5-7-18)10-17-14(20)21-15/h1-3,8H,4-7,10H2,(H,17,20). The number of alkyl carbamates (subject to hydrolysis) is 1. The first kappa shape index (κ1) is 13.4. The number of ether oxygens (including phenoxy) is 1. The van der Waals surface area contributed by atoms with Crippen LogP contribution in [0.2, 0.25) is 0 Å². The van der Waals surface area contributed by atoms with E-state index >= 15 is 0 Å². The Balaban J connectivity index is 1.68. The highest BCUT2D eigenvalue weighted by Crippen LogP contribution is 2.29. The zero-order valence-electron chi connectivity index (χ0n) is 11.5. The third kappa shape index (κ3) is 2.55. The maximum Gasteiger partial charge on any atom is 0.407 e. The normalized spacial score (nSPS) is 19.8. The molecular formula is C15H15N3O3. The molecule has 2 fully saturated rings. The molecule has 0 bridgehead atoms. The topological polar surface area (TPSA) is 82.4 Å². The molecule has 0 atom stereocenters. The Bertz CT molecular complexity index is 627. The number of nitrogens with one attached hydrogen (secondary N) is 1. The Morgan fingerprint density at radius 3 is 2.76 bits per heavy atom. The average Bonchev–Trinajstić information content (AvgIpc) is 2.88. The fourth-order valence-corrected chi connectivity index (χ4v) is 2.80. The van der Waals surface area contributed by atoms with Crippen molar-refractivity contribution in [1.29, 1.82) is 5.26 Å². The first-order valence-electron chi connectivity index (χ1n) is 6.88. The van der Waals surface area contributed by atoms with Crippen LogP contribution in [0.5, 0.6) is 0 Å². The van der Waals surface area contributed by atoms with E-state index < -0.39 is 5.60 Å². The molecule has 6 nitrogen and oxygen atoms in total. The molecule has 2 heterocycles. The summed E-state index contributed by atoms with van der Waals surface area (Å²) in [6.07, 6.45) is 0.890. The van der Waals surface area contributed by atoms with E-state index in [9.17, 15) is 9.59 Å². The molecule has 1 aromatic rings. The van der Waals surface area contributed by atoms with Crippen LogP contribution in [-0.2, 0) is 4.74 Å². The van der Waals surface area contributed by atoms with Gasteiger partial charge < -0.3 is 15.0 Å². The van der Waals surface area contributed by atoms with Crippen LogP contribution in [0.3, 0.4) is 0 Å². The van der Waals surface area contributed by atoms with E-state index in [1.807, 2.05) is 6.07 Å². The van der Waals surface area contributed by atoms with Gasteiger partial charge in [0.25, 0.3) is 5.91 Å². The minimum absolute atomic E-state index is 0.0840. The van der Waals surface area contributed by atoms with Crippen molar-refractivity contribution in [2.75, 3.05) is 19.6 Å². The van der Waals surface area contributed by atoms with Gasteiger partial charge in [0, 0.05) is 31.5 Å². The number of piperidine rings is 1. The number of benzene rings is 1. The van der Waals surface area contributed by atoms with Gasteiger partial charge in [0.1, 0.15) is 5.60 Å². The number of rotatable bonds is 1. The molecule has 0 saturated carbocycles. The van der Waals surface area contributed by atoms with Gasteiger partial charge in [0.2, 0.25) is 0 Å². The molecular weight excluding hydrogens is 270 g/mol. The first-order chi connectivity index (χ1) is 10.1. The zero-order valence-corrected chi connectivity index (χ0v) is 11.5. The van der Waals surface area contributed by atoms with Crippen LogP contribution in [0.1, 0.15) is 28.8 Å². The predicted octanol–water partition coefficient (Wildman–Crippen LogP) is 1.27. The number of nitriles is 1. The van der Waals surface area contributed by atoms with Gasteiger partial charge >= 0.3 is 6.09 Å². The van der Waals surface area contributed by atoms with E-state index in [-0.39, 0.29) is 12.0 Å². The van der Waals surface area contributed by atoms with Crippen LogP contribution in [0.15, 0.2) is 24.3 Å². The third-order valence-electron chi connectivity index (χ3n) is 4.06. The number of carbonyl (C=O) groups is 2. The molecule has 108 valence electrons. The lowest BCUT2D eigenvalue weighted by molar-refractivity contribution is 0.00331. The van der Waals surface area contributed by atoms with Crippen LogP contribution in [0.4, 0.5) is 4.79 Å². The molecule has 1 aromatic carbocycles. The van der Waals surface area contributed by atoms with E-state index in [4.69, 9.17) is 10.00 Å². The van der Waals surface area contributed by atoms with Gasteiger partial charge in [0.15, 0.2) is 0 Å². The van der Waals surface area contributed by atoms with Crippen molar-refractivity contribution in [3.05, 3.63) is 35.4 Å². The Kier molecular flexibility index (Phi) is 3.26. The van der Waals surface area contributed by atoms with Crippen molar-refractivity contribution in [1.82, 2.24) is 10.2 Å². The summed E-state index contributed by atoms with van der Waals surface area (Å²) in [5, 5.41) is 11.6. The van der Waals surface area contributed by atoms with Crippen LogP contribution >= 0.6 is 0 Å². The van der Waals surface area contributed by atoms with E-state index in [0.29, 0.717) is 43.6 Å². The van der Waals surface area contributed by atoms with Crippen molar-refractivity contribution < 1.29 is 14.3 Å². The molecule has 2 saturated heterocycles. The minimum Gasteiger partial charge on any atom is -0.441 e. The fourth-order valence-electron chi connectivity index (χ4n) is 2.80. The largest absolute Gasteiger partial charge is 0.441 e. The Hall–Kier alpha value is -2.55. The molecule has 1 spiro atoms. The van der Waals surface area contributed by atoms with E-state index in [1.165, 1.54) is 0 Å². The van der Waals surface area contributed by atoms with E-state index in [1.54, 1.807) is 29.2 Å². The zero-order chi connectivity index (χ0) is 14.9. The van der Waals surface area contributed by atoms with Crippen LogP contribution in [-0.4, -0.2) is 42.1 Å². The molecule has 0 aromatic heterocycles. The Morgan fingerprint density at radius 2 is 2.14 bits per heavy atom. The Morgan fingerprint density at radius 1 is 1.38 bits per heavy atom. The summed E-state index contributed by atoms with van der Waals surface area (Å²) in [7, 11) is 0. The lowest BCUT2D eigenvalue weighted by Crippen LogP contribution is -2.48. The summed E-state index contributed by atoms with van der Waals surface area (Å²) in [6.45, 7) is 1.60. The number of carbonyl (C=O) groups excluding carboxylic acids is 2. The van der Waals surface area contributed by atoms with Gasteiger partial charge in [-0.15, -0.1) is 0 Å². The molecule has 0 aliphatic carbocycles. The number of amides is 2. The summed E-state index contributed by atoms with van der Waals surface area (Å²) >= 11 is 0. The maximum atomic E-state index is 12.4. The fraction of sp³-hybridized carbons (Fsp3) is 0.400. The molecule has 3 rings (SSSR count). The highest BCUT2D eigenvalue weighted by atomic mass is 16.6. The second-order valence-electron chi connectivity index (χ2n) is 5.41. The number of likely N-dealkylation sites (tertiary alicyclic amines) is 1. The van der Waals surface area contributed by atoms with Gasteiger partial charge in [-0.2, -0.15) is 5.26 Å². The summed E-state index contributed by atoms with van der Waals surface area (Å²) in [6, 6.07) is 8.73. The van der Waals surface area contributed by atoms with Gasteiger partial charge in [-0.1, -0.05) is 6.07 Å². The van der Waals surface area contributed by atoms with E-state index in [0.717, 1.165) is 0 Å².